The first kappa shape index (κ1) is 10.8. The van der Waals surface area contributed by atoms with Crippen LogP contribution in [0.25, 0.3) is 0 Å². The zero-order chi connectivity index (χ0) is 11.1. The van der Waals surface area contributed by atoms with Crippen LogP contribution in [-0.4, -0.2) is 10.2 Å². The molecule has 0 bridgehead atoms. The van der Waals surface area contributed by atoms with Gasteiger partial charge in [0.05, 0.1) is 0 Å². The van der Waals surface area contributed by atoms with Crippen LogP contribution in [-0.2, 0) is 5.54 Å². The number of hydrogen-bond donors (Lipinski definition) is 3. The van der Waals surface area contributed by atoms with E-state index >= 15 is 0 Å². The quantitative estimate of drug-likeness (QED) is 0.688. The van der Waals surface area contributed by atoms with E-state index in [0.29, 0.717) is 5.56 Å². The summed E-state index contributed by atoms with van der Waals surface area (Å²) in [5, 5.41) is 19.3. The molecule has 0 radical (unpaired) electrons. The summed E-state index contributed by atoms with van der Waals surface area (Å²) in [4.78, 5) is 0. The van der Waals surface area contributed by atoms with Crippen molar-refractivity contribution >= 4 is 15.9 Å². The zero-order valence-electron chi connectivity index (χ0n) is 8.33. The minimum atomic E-state index is -0.481. The Balaban J connectivity index is 2.51. The Morgan fingerprint density at radius 2 is 1.80 bits per heavy atom. The van der Waals surface area contributed by atoms with Gasteiger partial charge in [0, 0.05) is 15.6 Å². The van der Waals surface area contributed by atoms with Gasteiger partial charge >= 0.3 is 0 Å². The fourth-order valence-corrected chi connectivity index (χ4v) is 2.69. The number of aromatic hydroxyl groups is 2. The molecule has 4 N–H and O–H groups in total. The molecule has 0 atom stereocenters. The lowest BCUT2D eigenvalue weighted by molar-refractivity contribution is 0.373. The van der Waals surface area contributed by atoms with E-state index in [2.05, 4.69) is 15.9 Å². The molecule has 0 heterocycles. The van der Waals surface area contributed by atoms with Crippen molar-refractivity contribution in [1.29, 1.82) is 0 Å². The van der Waals surface area contributed by atoms with E-state index in [1.165, 1.54) is 6.07 Å². The van der Waals surface area contributed by atoms with Gasteiger partial charge < -0.3 is 15.9 Å². The molecule has 15 heavy (non-hydrogen) atoms. The van der Waals surface area contributed by atoms with E-state index in [0.717, 1.165) is 30.2 Å². The highest BCUT2D eigenvalue weighted by atomic mass is 79.9. The molecule has 82 valence electrons. The van der Waals surface area contributed by atoms with Crippen molar-refractivity contribution in [3.8, 4) is 11.5 Å². The number of halogens is 1. The van der Waals surface area contributed by atoms with Crippen molar-refractivity contribution in [2.45, 2.75) is 31.2 Å². The van der Waals surface area contributed by atoms with Crippen molar-refractivity contribution in [1.82, 2.24) is 0 Å². The second-order valence-corrected chi connectivity index (χ2v) is 5.10. The summed E-state index contributed by atoms with van der Waals surface area (Å²) >= 11 is 3.29. The average molecular weight is 272 g/mol. The van der Waals surface area contributed by atoms with E-state index in [1.54, 1.807) is 6.07 Å². The molecular formula is C11H14BrNO2. The maximum Gasteiger partial charge on any atom is 0.162 e. The van der Waals surface area contributed by atoms with Gasteiger partial charge in [-0.3, -0.25) is 0 Å². The lowest BCUT2D eigenvalue weighted by atomic mass is 9.88. The highest BCUT2D eigenvalue weighted by Crippen LogP contribution is 2.44. The minimum Gasteiger partial charge on any atom is -0.504 e. The van der Waals surface area contributed by atoms with Crippen molar-refractivity contribution in [3.63, 3.8) is 0 Å². The fraction of sp³-hybridized carbons (Fsp3) is 0.455. The molecule has 1 aromatic carbocycles. The first-order chi connectivity index (χ1) is 7.03. The molecule has 3 nitrogen and oxygen atoms in total. The molecule has 0 amide bonds. The minimum absolute atomic E-state index is 0.0809. The molecule has 0 aliphatic heterocycles. The number of hydrogen-bond acceptors (Lipinski definition) is 3. The second-order valence-electron chi connectivity index (χ2n) is 4.18. The Kier molecular flexibility index (Phi) is 2.64. The van der Waals surface area contributed by atoms with E-state index < -0.39 is 5.54 Å². The van der Waals surface area contributed by atoms with Crippen LogP contribution in [0.1, 0.15) is 31.2 Å². The van der Waals surface area contributed by atoms with Crippen LogP contribution in [0.4, 0.5) is 0 Å². The largest absolute Gasteiger partial charge is 0.504 e. The van der Waals surface area contributed by atoms with E-state index in [-0.39, 0.29) is 11.5 Å². The second kappa shape index (κ2) is 3.68. The Morgan fingerprint density at radius 3 is 2.40 bits per heavy atom. The van der Waals surface area contributed by atoms with Crippen molar-refractivity contribution in [2.75, 3.05) is 0 Å². The fourth-order valence-electron chi connectivity index (χ4n) is 2.24. The summed E-state index contributed by atoms with van der Waals surface area (Å²) in [6.45, 7) is 0. The number of nitrogens with two attached hydrogens (primary N) is 1. The molecule has 0 spiro atoms. The lowest BCUT2D eigenvalue weighted by Crippen LogP contribution is -2.33. The summed E-state index contributed by atoms with van der Waals surface area (Å²) < 4.78 is 0.740. The number of phenols is 2. The third kappa shape index (κ3) is 1.84. The third-order valence-corrected chi connectivity index (χ3v) is 3.54. The first-order valence-electron chi connectivity index (χ1n) is 5.04. The van der Waals surface area contributed by atoms with Crippen LogP contribution < -0.4 is 5.73 Å². The average Bonchev–Trinajstić information content (AvgIpc) is 2.59. The topological polar surface area (TPSA) is 66.5 Å². The summed E-state index contributed by atoms with van der Waals surface area (Å²) in [6, 6.07) is 3.26. The van der Waals surface area contributed by atoms with Crippen molar-refractivity contribution in [2.24, 2.45) is 5.73 Å². The maximum atomic E-state index is 9.80. The highest BCUT2D eigenvalue weighted by Gasteiger charge is 2.34. The van der Waals surface area contributed by atoms with Crippen LogP contribution >= 0.6 is 15.9 Å². The van der Waals surface area contributed by atoms with Crippen LogP contribution in [0, 0.1) is 0 Å². The van der Waals surface area contributed by atoms with E-state index in [1.807, 2.05) is 0 Å². The molecule has 1 aliphatic carbocycles. The maximum absolute atomic E-state index is 9.80. The summed E-state index contributed by atoms with van der Waals surface area (Å²) in [6.07, 6.45) is 3.86. The molecular weight excluding hydrogens is 258 g/mol. The van der Waals surface area contributed by atoms with Gasteiger partial charge in [-0.2, -0.15) is 0 Å². The standard InChI is InChI=1S/C11H14BrNO2/c12-7-5-8(10(15)9(14)6-7)11(13)3-1-2-4-11/h5-6,14-15H,1-4,13H2. The Hall–Kier alpha value is -0.740. The first-order valence-corrected chi connectivity index (χ1v) is 5.83. The Morgan fingerprint density at radius 1 is 1.20 bits per heavy atom. The number of phenolic OH excluding ortho intramolecular Hbond substituents is 2. The van der Waals surface area contributed by atoms with Gasteiger partial charge in [-0.25, -0.2) is 0 Å². The van der Waals surface area contributed by atoms with Gasteiger partial charge in [0.1, 0.15) is 0 Å². The van der Waals surface area contributed by atoms with E-state index in [9.17, 15) is 10.2 Å². The lowest BCUT2D eigenvalue weighted by Gasteiger charge is -2.25. The summed E-state index contributed by atoms with van der Waals surface area (Å²) in [5.74, 6) is -0.196. The van der Waals surface area contributed by atoms with E-state index in [4.69, 9.17) is 5.73 Å². The van der Waals surface area contributed by atoms with Crippen LogP contribution in [0.5, 0.6) is 11.5 Å². The smallest absolute Gasteiger partial charge is 0.162 e. The molecule has 2 rings (SSSR count). The molecule has 1 fully saturated rings. The third-order valence-electron chi connectivity index (χ3n) is 3.09. The zero-order valence-corrected chi connectivity index (χ0v) is 9.92. The monoisotopic (exact) mass is 271 g/mol. The molecule has 0 saturated heterocycles. The highest BCUT2D eigenvalue weighted by molar-refractivity contribution is 9.10. The van der Waals surface area contributed by atoms with Gasteiger partial charge in [0.15, 0.2) is 11.5 Å². The summed E-state index contributed by atoms with van der Waals surface area (Å²) in [7, 11) is 0. The van der Waals surface area contributed by atoms with Gasteiger partial charge in [0.25, 0.3) is 0 Å². The predicted octanol–water partition coefficient (Wildman–Crippen LogP) is 2.59. The normalized spacial score (nSPS) is 19.3. The van der Waals surface area contributed by atoms with Gasteiger partial charge in [0.2, 0.25) is 0 Å². The molecule has 1 aromatic rings. The molecule has 0 aromatic heterocycles. The van der Waals surface area contributed by atoms with Gasteiger partial charge in [-0.1, -0.05) is 28.8 Å². The number of benzene rings is 1. The predicted molar refractivity (Wildman–Crippen MR) is 61.8 cm³/mol. The Bertz CT molecular complexity index is 386. The Labute approximate surface area is 97.0 Å². The van der Waals surface area contributed by atoms with Gasteiger partial charge in [-0.05, 0) is 25.0 Å². The SMILES string of the molecule is NC1(c2cc(Br)cc(O)c2O)CCCC1. The summed E-state index contributed by atoms with van der Waals surface area (Å²) in [5.41, 5.74) is 6.39. The van der Waals surface area contributed by atoms with Gasteiger partial charge in [-0.15, -0.1) is 0 Å². The molecule has 4 heteroatoms. The van der Waals surface area contributed by atoms with Crippen molar-refractivity contribution < 1.29 is 10.2 Å². The molecule has 1 aliphatic rings. The van der Waals surface area contributed by atoms with Crippen molar-refractivity contribution in [3.05, 3.63) is 22.2 Å². The number of rotatable bonds is 1. The molecule has 1 saturated carbocycles. The van der Waals surface area contributed by atoms with Crippen LogP contribution in [0.15, 0.2) is 16.6 Å². The van der Waals surface area contributed by atoms with Crippen LogP contribution in [0.3, 0.4) is 0 Å². The molecule has 0 unspecified atom stereocenters. The van der Waals surface area contributed by atoms with Crippen LogP contribution in [0.2, 0.25) is 0 Å².